The molecule has 0 aromatic rings. The maximum atomic E-state index is 12.2. The number of hydrogen-bond donors (Lipinski definition) is 1. The third kappa shape index (κ3) is 4.43. The second-order valence-electron chi connectivity index (χ2n) is 5.62. The van der Waals surface area contributed by atoms with E-state index in [0.717, 1.165) is 19.6 Å². The number of piperazine rings is 1. The second-order valence-corrected chi connectivity index (χ2v) is 5.62. The van der Waals surface area contributed by atoms with Crippen LogP contribution in [0.3, 0.4) is 0 Å². The van der Waals surface area contributed by atoms with Gasteiger partial charge >= 0.3 is 6.18 Å². The Bertz CT molecular complexity index is 249. The summed E-state index contributed by atoms with van der Waals surface area (Å²) < 4.78 is 36.7. The van der Waals surface area contributed by atoms with E-state index in [-0.39, 0.29) is 6.54 Å². The SMILES string of the molecule is FC(F)(F)CCN1CCNC(C2CCCCC2)C1. The van der Waals surface area contributed by atoms with Gasteiger partial charge in [0.2, 0.25) is 0 Å². The normalized spacial score (nSPS) is 28.5. The summed E-state index contributed by atoms with van der Waals surface area (Å²) in [6.45, 7) is 2.54. The maximum Gasteiger partial charge on any atom is 0.390 e. The molecule has 2 rings (SSSR count). The van der Waals surface area contributed by atoms with Crippen LogP contribution in [0.1, 0.15) is 38.5 Å². The van der Waals surface area contributed by atoms with E-state index in [0.29, 0.717) is 12.0 Å². The van der Waals surface area contributed by atoms with Gasteiger partial charge in [-0.1, -0.05) is 19.3 Å². The van der Waals surface area contributed by atoms with E-state index in [4.69, 9.17) is 0 Å². The van der Waals surface area contributed by atoms with Crippen LogP contribution in [0.25, 0.3) is 0 Å². The Morgan fingerprint density at radius 3 is 2.50 bits per heavy atom. The first-order valence-corrected chi connectivity index (χ1v) is 7.07. The van der Waals surface area contributed by atoms with Crippen LogP contribution in [0.5, 0.6) is 0 Å². The van der Waals surface area contributed by atoms with Gasteiger partial charge in [-0.25, -0.2) is 0 Å². The fourth-order valence-corrected chi connectivity index (χ4v) is 3.18. The van der Waals surface area contributed by atoms with Crippen molar-refractivity contribution < 1.29 is 13.2 Å². The molecule has 0 aromatic carbocycles. The van der Waals surface area contributed by atoms with Gasteiger partial charge in [0.05, 0.1) is 6.42 Å². The van der Waals surface area contributed by atoms with Crippen LogP contribution in [0.4, 0.5) is 13.2 Å². The van der Waals surface area contributed by atoms with Crippen LogP contribution < -0.4 is 5.32 Å². The van der Waals surface area contributed by atoms with Gasteiger partial charge in [-0.2, -0.15) is 13.2 Å². The van der Waals surface area contributed by atoms with Crippen LogP contribution in [0.15, 0.2) is 0 Å². The second kappa shape index (κ2) is 6.24. The first-order chi connectivity index (χ1) is 8.54. The zero-order valence-corrected chi connectivity index (χ0v) is 10.8. The summed E-state index contributed by atoms with van der Waals surface area (Å²) in [6, 6.07) is 0.410. The summed E-state index contributed by atoms with van der Waals surface area (Å²) in [6.07, 6.45) is 1.67. The fraction of sp³-hybridized carbons (Fsp3) is 1.00. The molecule has 1 aliphatic carbocycles. The van der Waals surface area contributed by atoms with E-state index in [1.807, 2.05) is 4.90 Å². The van der Waals surface area contributed by atoms with Crippen molar-refractivity contribution in [3.8, 4) is 0 Å². The summed E-state index contributed by atoms with van der Waals surface area (Å²) in [5, 5.41) is 3.49. The van der Waals surface area contributed by atoms with Gasteiger partial charge < -0.3 is 10.2 Å². The number of halogens is 3. The third-order valence-electron chi connectivity index (χ3n) is 4.22. The molecule has 0 radical (unpaired) electrons. The highest BCUT2D eigenvalue weighted by atomic mass is 19.4. The van der Waals surface area contributed by atoms with Gasteiger partial charge in [-0.05, 0) is 18.8 Å². The molecule has 1 saturated carbocycles. The third-order valence-corrected chi connectivity index (χ3v) is 4.22. The first-order valence-electron chi connectivity index (χ1n) is 7.07. The molecular weight excluding hydrogens is 241 g/mol. The van der Waals surface area contributed by atoms with E-state index in [1.165, 1.54) is 32.1 Å². The minimum absolute atomic E-state index is 0.161. The lowest BCUT2D eigenvalue weighted by atomic mass is 9.83. The van der Waals surface area contributed by atoms with Gasteiger partial charge in [0.15, 0.2) is 0 Å². The molecule has 2 aliphatic rings. The van der Waals surface area contributed by atoms with Gasteiger partial charge in [0, 0.05) is 32.2 Å². The highest BCUT2D eigenvalue weighted by Gasteiger charge is 2.31. The Balaban J connectivity index is 1.77. The fourth-order valence-electron chi connectivity index (χ4n) is 3.18. The van der Waals surface area contributed by atoms with Crippen molar-refractivity contribution in [1.29, 1.82) is 0 Å². The van der Waals surface area contributed by atoms with Crippen molar-refractivity contribution in [1.82, 2.24) is 10.2 Å². The van der Waals surface area contributed by atoms with Crippen molar-refractivity contribution in [2.45, 2.75) is 50.7 Å². The Morgan fingerprint density at radius 1 is 1.11 bits per heavy atom. The molecule has 0 bridgehead atoms. The Hall–Kier alpha value is -0.290. The first kappa shape index (κ1) is 14.1. The number of nitrogens with one attached hydrogen (secondary N) is 1. The number of nitrogens with zero attached hydrogens (tertiary/aromatic N) is 1. The molecule has 1 atom stereocenters. The molecule has 1 heterocycles. The van der Waals surface area contributed by atoms with Crippen molar-refractivity contribution in [2.24, 2.45) is 5.92 Å². The molecule has 0 spiro atoms. The van der Waals surface area contributed by atoms with Crippen molar-refractivity contribution >= 4 is 0 Å². The maximum absolute atomic E-state index is 12.2. The summed E-state index contributed by atoms with van der Waals surface area (Å²) in [7, 11) is 0. The van der Waals surface area contributed by atoms with E-state index in [2.05, 4.69) is 5.32 Å². The van der Waals surface area contributed by atoms with Crippen LogP contribution in [0, 0.1) is 5.92 Å². The molecule has 0 amide bonds. The monoisotopic (exact) mass is 264 g/mol. The Labute approximate surface area is 107 Å². The lowest BCUT2D eigenvalue weighted by Crippen LogP contribution is -2.54. The topological polar surface area (TPSA) is 15.3 Å². The molecule has 1 N–H and O–H groups in total. The molecule has 1 saturated heterocycles. The average Bonchev–Trinajstić information content (AvgIpc) is 2.37. The molecule has 1 unspecified atom stereocenters. The lowest BCUT2D eigenvalue weighted by molar-refractivity contribution is -0.138. The van der Waals surface area contributed by atoms with E-state index in [9.17, 15) is 13.2 Å². The smallest absolute Gasteiger partial charge is 0.311 e. The molecule has 2 nitrogen and oxygen atoms in total. The van der Waals surface area contributed by atoms with E-state index >= 15 is 0 Å². The highest BCUT2D eigenvalue weighted by molar-refractivity contribution is 4.86. The highest BCUT2D eigenvalue weighted by Crippen LogP contribution is 2.28. The number of alkyl halides is 3. The Morgan fingerprint density at radius 2 is 1.83 bits per heavy atom. The standard InChI is InChI=1S/C13H23F3N2/c14-13(15,16)6-8-18-9-7-17-12(10-18)11-4-2-1-3-5-11/h11-12,17H,1-10H2. The van der Waals surface area contributed by atoms with Gasteiger partial charge in [-0.15, -0.1) is 0 Å². The molecule has 18 heavy (non-hydrogen) atoms. The summed E-state index contributed by atoms with van der Waals surface area (Å²) >= 11 is 0. The number of rotatable bonds is 3. The van der Waals surface area contributed by atoms with Gasteiger partial charge in [0.25, 0.3) is 0 Å². The van der Waals surface area contributed by atoms with Crippen LogP contribution >= 0.6 is 0 Å². The van der Waals surface area contributed by atoms with Crippen LogP contribution in [-0.2, 0) is 0 Å². The summed E-state index contributed by atoms with van der Waals surface area (Å²) in [4.78, 5) is 1.98. The van der Waals surface area contributed by atoms with Crippen LogP contribution in [-0.4, -0.2) is 43.3 Å². The Kier molecular flexibility index (Phi) is 4.90. The quantitative estimate of drug-likeness (QED) is 0.843. The lowest BCUT2D eigenvalue weighted by Gasteiger charge is -2.39. The largest absolute Gasteiger partial charge is 0.390 e. The van der Waals surface area contributed by atoms with Gasteiger partial charge in [-0.3, -0.25) is 0 Å². The average molecular weight is 264 g/mol. The molecule has 106 valence electrons. The molecular formula is C13H23F3N2. The van der Waals surface area contributed by atoms with E-state index in [1.54, 1.807) is 0 Å². The molecule has 2 fully saturated rings. The molecule has 5 heteroatoms. The summed E-state index contributed by atoms with van der Waals surface area (Å²) in [5.74, 6) is 0.674. The van der Waals surface area contributed by atoms with E-state index < -0.39 is 12.6 Å². The summed E-state index contributed by atoms with van der Waals surface area (Å²) in [5.41, 5.74) is 0. The predicted octanol–water partition coefficient (Wildman–Crippen LogP) is 2.79. The molecule has 1 aliphatic heterocycles. The zero-order valence-electron chi connectivity index (χ0n) is 10.8. The minimum Gasteiger partial charge on any atom is -0.311 e. The predicted molar refractivity (Wildman–Crippen MR) is 65.5 cm³/mol. The van der Waals surface area contributed by atoms with Crippen molar-refractivity contribution in [3.05, 3.63) is 0 Å². The van der Waals surface area contributed by atoms with Crippen molar-refractivity contribution in [3.63, 3.8) is 0 Å². The number of hydrogen-bond acceptors (Lipinski definition) is 2. The van der Waals surface area contributed by atoms with Gasteiger partial charge in [0.1, 0.15) is 0 Å². The minimum atomic E-state index is -4.02. The van der Waals surface area contributed by atoms with Crippen LogP contribution in [0.2, 0.25) is 0 Å². The van der Waals surface area contributed by atoms with Crippen molar-refractivity contribution in [2.75, 3.05) is 26.2 Å². The molecule has 0 aromatic heterocycles. The zero-order chi connectivity index (χ0) is 13.0.